The van der Waals surface area contributed by atoms with Crippen molar-refractivity contribution >= 4 is 37.1 Å². The van der Waals surface area contributed by atoms with Crippen LogP contribution >= 0.6 is 11.6 Å². The van der Waals surface area contributed by atoms with E-state index in [-0.39, 0.29) is 10.5 Å². The molecule has 0 saturated carbocycles. The van der Waals surface area contributed by atoms with Crippen molar-refractivity contribution in [3.63, 3.8) is 0 Å². The fraction of sp³-hybridized carbons (Fsp3) is 0.360. The van der Waals surface area contributed by atoms with Crippen LogP contribution in [0.3, 0.4) is 0 Å². The number of sulfone groups is 2. The molecule has 0 radical (unpaired) electrons. The molecule has 71 heavy (non-hydrogen) atoms. The van der Waals surface area contributed by atoms with Gasteiger partial charge in [-0.25, -0.2) is 46.1 Å². The van der Waals surface area contributed by atoms with Gasteiger partial charge in [-0.2, -0.15) is 0 Å². The van der Waals surface area contributed by atoms with Crippen LogP contribution in [0.1, 0.15) is 59.6 Å². The van der Waals surface area contributed by atoms with Gasteiger partial charge in [-0.15, -0.1) is 10.2 Å². The van der Waals surface area contributed by atoms with E-state index in [0.29, 0.717) is 78.7 Å². The zero-order valence-corrected chi connectivity index (χ0v) is 42.9. The second-order valence-electron chi connectivity index (χ2n) is 18.0. The zero-order valence-electron chi connectivity index (χ0n) is 40.5. The normalized spacial score (nSPS) is 14.7. The van der Waals surface area contributed by atoms with E-state index in [9.17, 15) is 16.8 Å². The molecule has 2 aromatic carbocycles. The fourth-order valence-electron chi connectivity index (χ4n) is 8.18. The molecule has 0 aliphatic carbocycles. The lowest BCUT2D eigenvalue weighted by Gasteiger charge is -2.32. The summed E-state index contributed by atoms with van der Waals surface area (Å²) in [5.41, 5.74) is 7.54. The molecule has 8 heterocycles. The molecular formula is C50H57ClN12O6S2. The second kappa shape index (κ2) is 22.2. The summed E-state index contributed by atoms with van der Waals surface area (Å²) in [6.07, 6.45) is 8.91. The number of pyridine rings is 2. The summed E-state index contributed by atoms with van der Waals surface area (Å²) in [5, 5.41) is 20.7. The number of nitrogens with one attached hydrogen (secondary N) is 1. The van der Waals surface area contributed by atoms with Gasteiger partial charge in [-0.1, -0.05) is 81.6 Å². The molecule has 2 saturated heterocycles. The van der Waals surface area contributed by atoms with Crippen LogP contribution in [0.2, 0.25) is 5.15 Å². The van der Waals surface area contributed by atoms with Gasteiger partial charge in [0.05, 0.1) is 23.6 Å². The quantitative estimate of drug-likeness (QED) is 0.122. The number of hydrogen-bond acceptors (Lipinski definition) is 16. The van der Waals surface area contributed by atoms with Crippen molar-refractivity contribution in [2.75, 3.05) is 43.6 Å². The number of anilines is 1. The minimum atomic E-state index is -3.00. The third kappa shape index (κ3) is 13.4. The topological polar surface area (TPSA) is 223 Å². The van der Waals surface area contributed by atoms with Crippen molar-refractivity contribution in [2.45, 2.75) is 77.0 Å². The van der Waals surface area contributed by atoms with E-state index in [2.05, 4.69) is 50.7 Å². The number of hydrogen-bond donors (Lipinski definition) is 1. The molecule has 0 atom stereocenters. The van der Waals surface area contributed by atoms with Gasteiger partial charge in [-0.05, 0) is 102 Å². The van der Waals surface area contributed by atoms with Crippen molar-refractivity contribution in [1.82, 2.24) is 55.1 Å². The van der Waals surface area contributed by atoms with Crippen LogP contribution < -0.4 is 10.2 Å². The summed E-state index contributed by atoms with van der Waals surface area (Å²) in [7, 11) is -5.77. The maximum absolute atomic E-state index is 11.8. The lowest BCUT2D eigenvalue weighted by atomic mass is 10.1. The van der Waals surface area contributed by atoms with Crippen molar-refractivity contribution in [3.05, 3.63) is 136 Å². The number of rotatable bonds is 11. The summed E-state index contributed by atoms with van der Waals surface area (Å²) >= 11 is 5.94. The molecule has 2 aliphatic heterocycles. The Balaban J connectivity index is 0.000000164. The number of benzene rings is 2. The molecular weight excluding hydrogens is 964 g/mol. The molecule has 2 aliphatic rings. The molecule has 0 bridgehead atoms. The smallest absolute Gasteiger partial charge is 0.203 e. The predicted octanol–water partition coefficient (Wildman–Crippen LogP) is 7.77. The summed E-state index contributed by atoms with van der Waals surface area (Å²) in [6.45, 7) is 12.0. The lowest BCUT2D eigenvalue weighted by Crippen LogP contribution is -2.39. The SMILES string of the molecule is CS(=O)(=O)C1CCNCC1.Cc1ccc(-c2cc(-c3nc(C)n(Cc4ccnc(Cl)c4)n3)no2)cc1.Cc1ccc(-c2cc(-c3nc(C)n(Cc4ccnc(N5CCC(S(C)(=O)=O)CC5)c4)n3)no2)cc1. The first-order valence-electron chi connectivity index (χ1n) is 23.2. The summed E-state index contributed by atoms with van der Waals surface area (Å²) < 4.78 is 60.3. The van der Waals surface area contributed by atoms with Crippen LogP contribution in [0.15, 0.2) is 106 Å². The third-order valence-electron chi connectivity index (χ3n) is 12.4. The maximum atomic E-state index is 11.8. The first kappa shape index (κ1) is 50.8. The summed E-state index contributed by atoms with van der Waals surface area (Å²) in [4.78, 5) is 19.7. The number of halogens is 1. The van der Waals surface area contributed by atoms with E-state index in [4.69, 9.17) is 20.6 Å². The molecule has 372 valence electrons. The van der Waals surface area contributed by atoms with Gasteiger partial charge >= 0.3 is 0 Å². The van der Waals surface area contributed by atoms with Crippen molar-refractivity contribution in [2.24, 2.45) is 0 Å². The van der Waals surface area contributed by atoms with Gasteiger partial charge in [0, 0.05) is 61.3 Å². The Morgan fingerprint density at radius 2 is 1.06 bits per heavy atom. The lowest BCUT2D eigenvalue weighted by molar-refractivity contribution is 0.434. The van der Waals surface area contributed by atoms with Gasteiger partial charge in [0.2, 0.25) is 11.6 Å². The van der Waals surface area contributed by atoms with E-state index in [0.717, 1.165) is 65.7 Å². The van der Waals surface area contributed by atoms with E-state index in [1.54, 1.807) is 17.1 Å². The van der Waals surface area contributed by atoms with Crippen molar-refractivity contribution in [3.8, 4) is 45.7 Å². The van der Waals surface area contributed by atoms with E-state index in [1.165, 1.54) is 23.6 Å². The Morgan fingerprint density at radius 3 is 1.51 bits per heavy atom. The Labute approximate surface area is 418 Å². The van der Waals surface area contributed by atoms with Gasteiger partial charge in [0.15, 0.2) is 22.9 Å². The minimum Gasteiger partial charge on any atom is -0.357 e. The highest BCUT2D eigenvalue weighted by molar-refractivity contribution is 7.91. The predicted molar refractivity (Wildman–Crippen MR) is 273 cm³/mol. The highest BCUT2D eigenvalue weighted by atomic mass is 35.5. The maximum Gasteiger partial charge on any atom is 0.203 e. The molecule has 1 N–H and O–H groups in total. The monoisotopic (exact) mass is 1020 g/mol. The Bertz CT molecular complexity index is 3280. The second-order valence-corrected chi connectivity index (χ2v) is 23.0. The number of nitrogens with zero attached hydrogens (tertiary/aromatic N) is 11. The molecule has 21 heteroatoms. The average Bonchev–Trinajstić information content (AvgIpc) is 4.18. The highest BCUT2D eigenvalue weighted by Crippen LogP contribution is 2.28. The number of aromatic nitrogens is 10. The van der Waals surface area contributed by atoms with E-state index in [1.807, 2.05) is 117 Å². The minimum absolute atomic E-state index is 0.0891. The molecule has 2 fully saturated rings. The summed E-state index contributed by atoms with van der Waals surface area (Å²) in [5.74, 6) is 4.82. The van der Waals surface area contributed by atoms with Crippen LogP contribution in [0.4, 0.5) is 5.82 Å². The molecule has 0 spiro atoms. The first-order valence-corrected chi connectivity index (χ1v) is 27.5. The molecule has 0 unspecified atom stereocenters. The van der Waals surface area contributed by atoms with Gasteiger partial charge < -0.3 is 19.3 Å². The number of aryl methyl sites for hydroxylation is 4. The molecule has 8 aromatic rings. The Hall–Kier alpha value is -6.61. The fourth-order valence-corrected chi connectivity index (χ4v) is 10.5. The van der Waals surface area contributed by atoms with Crippen LogP contribution in [-0.2, 0) is 32.8 Å². The van der Waals surface area contributed by atoms with Crippen LogP contribution in [0.5, 0.6) is 0 Å². The average molecular weight is 1020 g/mol. The molecule has 0 amide bonds. The highest BCUT2D eigenvalue weighted by Gasteiger charge is 2.27. The molecule has 10 rings (SSSR count). The largest absolute Gasteiger partial charge is 0.357 e. The van der Waals surface area contributed by atoms with Crippen molar-refractivity contribution in [1.29, 1.82) is 0 Å². The standard InChI is InChI=1S/C25H28N6O3S.C19H16ClN5O.C6H13NO2S/c1-17-4-6-20(7-5-17)23-15-22(29-34-23)25-27-18(2)31(28-25)16-19-8-11-26-24(14-19)30-12-9-21(10-13-30)35(3,32)33;1-12-3-5-15(6-4-12)17-10-16(24-26-17)19-22-13(2)25(23-19)11-14-7-8-21-18(20)9-14;1-10(8,9)6-2-4-7-5-3-6/h4-8,11,14-15,21H,9-10,12-13,16H2,1-3H3;3-10H,11H2,1-2H3;6-7H,2-5H2,1H3. The van der Waals surface area contributed by atoms with Crippen LogP contribution in [-0.4, -0.2) is 116 Å². The number of piperidine rings is 2. The first-order chi connectivity index (χ1) is 33.9. The van der Waals surface area contributed by atoms with Crippen LogP contribution in [0, 0.1) is 27.7 Å². The van der Waals surface area contributed by atoms with E-state index >= 15 is 0 Å². The van der Waals surface area contributed by atoms with E-state index < -0.39 is 19.7 Å². The third-order valence-corrected chi connectivity index (χ3v) is 16.0. The molecule has 6 aromatic heterocycles. The zero-order chi connectivity index (χ0) is 50.3. The Kier molecular flexibility index (Phi) is 15.9. The molecule has 18 nitrogen and oxygen atoms in total. The van der Waals surface area contributed by atoms with Gasteiger partial charge in [0.25, 0.3) is 0 Å². The van der Waals surface area contributed by atoms with Gasteiger partial charge in [-0.3, -0.25) is 0 Å². The van der Waals surface area contributed by atoms with Gasteiger partial charge in [0.1, 0.15) is 42.3 Å². The van der Waals surface area contributed by atoms with Crippen LogP contribution in [0.25, 0.3) is 45.7 Å². The Morgan fingerprint density at radius 1 is 0.606 bits per heavy atom. The van der Waals surface area contributed by atoms with Crippen molar-refractivity contribution < 1.29 is 25.9 Å². The summed E-state index contributed by atoms with van der Waals surface area (Å²) in [6, 6.07) is 27.6.